The zero-order valence-electron chi connectivity index (χ0n) is 15.4. The summed E-state index contributed by atoms with van der Waals surface area (Å²) in [5, 5.41) is 11.6. The summed E-state index contributed by atoms with van der Waals surface area (Å²) in [5.74, 6) is -0.421. The largest absolute Gasteiger partial charge is 0.496 e. The first kappa shape index (κ1) is 19.3. The molecular weight excluding hydrogens is 366 g/mol. The van der Waals surface area contributed by atoms with Crippen LogP contribution in [0, 0.1) is 10.1 Å². The Morgan fingerprint density at radius 2 is 1.96 bits per heavy atom. The molecule has 1 saturated carbocycles. The van der Waals surface area contributed by atoms with Crippen molar-refractivity contribution in [2.45, 2.75) is 38.2 Å². The fraction of sp³-hybridized carbons (Fsp3) is 0.389. The SMILES string of the molecule is COc1ccccc1C(=O)NNc1ncnc(OC2CCCCC2)c1[N+](=O)[O-]. The summed E-state index contributed by atoms with van der Waals surface area (Å²) in [6, 6.07) is 6.62. The number of rotatable bonds is 7. The molecule has 1 aromatic carbocycles. The Kier molecular flexibility index (Phi) is 6.20. The summed E-state index contributed by atoms with van der Waals surface area (Å²) in [7, 11) is 1.45. The van der Waals surface area contributed by atoms with Crippen molar-refractivity contribution < 1.29 is 19.2 Å². The second-order valence-corrected chi connectivity index (χ2v) is 6.29. The lowest BCUT2D eigenvalue weighted by atomic mass is 9.98. The van der Waals surface area contributed by atoms with E-state index in [0.717, 1.165) is 38.4 Å². The van der Waals surface area contributed by atoms with E-state index in [1.54, 1.807) is 24.3 Å². The van der Waals surface area contributed by atoms with Crippen LogP contribution in [0.5, 0.6) is 11.6 Å². The highest BCUT2D eigenvalue weighted by atomic mass is 16.6. The lowest BCUT2D eigenvalue weighted by molar-refractivity contribution is -0.385. The smallest absolute Gasteiger partial charge is 0.374 e. The van der Waals surface area contributed by atoms with Gasteiger partial charge in [0.15, 0.2) is 0 Å². The predicted molar refractivity (Wildman–Crippen MR) is 100 cm³/mol. The van der Waals surface area contributed by atoms with Crippen molar-refractivity contribution in [2.24, 2.45) is 0 Å². The highest BCUT2D eigenvalue weighted by molar-refractivity contribution is 5.97. The second-order valence-electron chi connectivity index (χ2n) is 6.29. The van der Waals surface area contributed by atoms with Gasteiger partial charge in [0.05, 0.1) is 17.6 Å². The summed E-state index contributed by atoms with van der Waals surface area (Å²) in [6.45, 7) is 0. The van der Waals surface area contributed by atoms with Crippen LogP contribution in [0.3, 0.4) is 0 Å². The first-order valence-electron chi connectivity index (χ1n) is 8.95. The number of hydrogen-bond donors (Lipinski definition) is 2. The Bertz CT molecular complexity index is 854. The average Bonchev–Trinajstić information content (AvgIpc) is 2.72. The number of nitrogens with zero attached hydrogens (tertiary/aromatic N) is 3. The zero-order chi connectivity index (χ0) is 19.9. The van der Waals surface area contributed by atoms with Gasteiger partial charge in [-0.05, 0) is 37.8 Å². The van der Waals surface area contributed by atoms with Gasteiger partial charge in [0.2, 0.25) is 5.82 Å². The minimum atomic E-state index is -0.629. The van der Waals surface area contributed by atoms with E-state index in [4.69, 9.17) is 9.47 Å². The third-order valence-corrected chi connectivity index (χ3v) is 4.45. The lowest BCUT2D eigenvalue weighted by Gasteiger charge is -2.22. The third-order valence-electron chi connectivity index (χ3n) is 4.45. The van der Waals surface area contributed by atoms with Crippen molar-refractivity contribution >= 4 is 17.4 Å². The molecule has 1 aliphatic rings. The number of methoxy groups -OCH3 is 1. The summed E-state index contributed by atoms with van der Waals surface area (Å²) in [4.78, 5) is 31.1. The number of amides is 1. The molecule has 148 valence electrons. The van der Waals surface area contributed by atoms with Gasteiger partial charge in [0.1, 0.15) is 18.2 Å². The first-order valence-corrected chi connectivity index (χ1v) is 8.95. The van der Waals surface area contributed by atoms with Crippen molar-refractivity contribution in [2.75, 3.05) is 12.5 Å². The van der Waals surface area contributed by atoms with Crippen LogP contribution in [0.25, 0.3) is 0 Å². The number of carbonyl (C=O) groups is 1. The molecule has 3 rings (SSSR count). The molecule has 0 unspecified atom stereocenters. The molecular formula is C18H21N5O5. The molecule has 0 radical (unpaired) electrons. The molecule has 0 atom stereocenters. The fourth-order valence-corrected chi connectivity index (χ4v) is 3.06. The minimum Gasteiger partial charge on any atom is -0.496 e. The van der Waals surface area contributed by atoms with Crippen molar-refractivity contribution in [3.8, 4) is 11.6 Å². The van der Waals surface area contributed by atoms with Crippen molar-refractivity contribution in [1.82, 2.24) is 15.4 Å². The summed E-state index contributed by atoms with van der Waals surface area (Å²) >= 11 is 0. The number of benzene rings is 1. The van der Waals surface area contributed by atoms with Crippen LogP contribution < -0.4 is 20.3 Å². The molecule has 1 aliphatic carbocycles. The average molecular weight is 387 g/mol. The zero-order valence-corrected chi connectivity index (χ0v) is 15.4. The van der Waals surface area contributed by atoms with Crippen LogP contribution in [0.4, 0.5) is 11.5 Å². The molecule has 1 fully saturated rings. The number of ether oxygens (including phenoxy) is 2. The van der Waals surface area contributed by atoms with Crippen molar-refractivity contribution in [3.05, 3.63) is 46.3 Å². The van der Waals surface area contributed by atoms with Crippen molar-refractivity contribution in [3.63, 3.8) is 0 Å². The second kappa shape index (κ2) is 8.98. The van der Waals surface area contributed by atoms with Gasteiger partial charge in [-0.2, -0.15) is 4.98 Å². The molecule has 2 N–H and O–H groups in total. The van der Waals surface area contributed by atoms with Gasteiger partial charge in [-0.3, -0.25) is 25.8 Å². The molecule has 0 saturated heterocycles. The van der Waals surface area contributed by atoms with E-state index in [1.165, 1.54) is 7.11 Å². The van der Waals surface area contributed by atoms with Gasteiger partial charge in [-0.15, -0.1) is 0 Å². The predicted octanol–water partition coefficient (Wildman–Crippen LogP) is 2.86. The number of nitro groups is 1. The maximum absolute atomic E-state index is 12.4. The Labute approximate surface area is 161 Å². The lowest BCUT2D eigenvalue weighted by Crippen LogP contribution is -2.30. The van der Waals surface area contributed by atoms with Crippen LogP contribution in [0.2, 0.25) is 0 Å². The van der Waals surface area contributed by atoms with Crippen LogP contribution in [0.1, 0.15) is 42.5 Å². The van der Waals surface area contributed by atoms with E-state index in [1.807, 2.05) is 0 Å². The molecule has 0 spiro atoms. The summed E-state index contributed by atoms with van der Waals surface area (Å²) < 4.78 is 10.9. The Hall–Kier alpha value is -3.43. The highest BCUT2D eigenvalue weighted by Crippen LogP contribution is 2.33. The normalized spacial score (nSPS) is 14.2. The molecule has 0 aliphatic heterocycles. The van der Waals surface area contributed by atoms with E-state index < -0.39 is 16.5 Å². The number of anilines is 1. The Balaban J connectivity index is 1.76. The monoisotopic (exact) mass is 387 g/mol. The van der Waals surface area contributed by atoms with E-state index >= 15 is 0 Å². The van der Waals surface area contributed by atoms with Gasteiger partial charge < -0.3 is 9.47 Å². The van der Waals surface area contributed by atoms with Gasteiger partial charge in [0.25, 0.3) is 11.8 Å². The van der Waals surface area contributed by atoms with E-state index in [9.17, 15) is 14.9 Å². The molecule has 1 amide bonds. The van der Waals surface area contributed by atoms with E-state index in [0.29, 0.717) is 5.75 Å². The number of carbonyl (C=O) groups excluding carboxylic acids is 1. The minimum absolute atomic E-state index is 0.110. The Morgan fingerprint density at radius 3 is 2.68 bits per heavy atom. The molecule has 28 heavy (non-hydrogen) atoms. The van der Waals surface area contributed by atoms with Crippen molar-refractivity contribution in [1.29, 1.82) is 0 Å². The number of aromatic nitrogens is 2. The molecule has 10 nitrogen and oxygen atoms in total. The number of hydrogen-bond acceptors (Lipinski definition) is 8. The quantitative estimate of drug-likeness (QED) is 0.548. The van der Waals surface area contributed by atoms with E-state index in [-0.39, 0.29) is 23.4 Å². The van der Waals surface area contributed by atoms with Gasteiger partial charge >= 0.3 is 5.69 Å². The number of para-hydroxylation sites is 1. The molecule has 2 aromatic rings. The van der Waals surface area contributed by atoms with Crippen LogP contribution in [-0.2, 0) is 0 Å². The van der Waals surface area contributed by atoms with Crippen LogP contribution in [-0.4, -0.2) is 34.0 Å². The first-order chi connectivity index (χ1) is 13.6. The topological polar surface area (TPSA) is 129 Å². The summed E-state index contributed by atoms with van der Waals surface area (Å²) in [6.07, 6.45) is 5.87. The highest BCUT2D eigenvalue weighted by Gasteiger charge is 2.28. The van der Waals surface area contributed by atoms with E-state index in [2.05, 4.69) is 20.8 Å². The van der Waals surface area contributed by atoms with Crippen LogP contribution >= 0.6 is 0 Å². The maximum atomic E-state index is 12.4. The van der Waals surface area contributed by atoms with Gasteiger partial charge in [0, 0.05) is 0 Å². The molecule has 1 heterocycles. The summed E-state index contributed by atoms with van der Waals surface area (Å²) in [5.41, 5.74) is 4.74. The Morgan fingerprint density at radius 1 is 1.21 bits per heavy atom. The maximum Gasteiger partial charge on any atom is 0.374 e. The number of nitrogens with one attached hydrogen (secondary N) is 2. The fourth-order valence-electron chi connectivity index (χ4n) is 3.06. The van der Waals surface area contributed by atoms with Gasteiger partial charge in [-0.25, -0.2) is 4.98 Å². The molecule has 1 aromatic heterocycles. The third kappa shape index (κ3) is 4.45. The molecule has 10 heteroatoms. The van der Waals surface area contributed by atoms with Crippen LogP contribution in [0.15, 0.2) is 30.6 Å². The molecule has 0 bridgehead atoms. The standard InChI is InChI=1S/C18H21N5O5/c1-27-14-10-6-5-9-13(14)17(24)22-21-16-15(23(25)26)18(20-11-19-16)28-12-7-3-2-4-8-12/h5-6,9-12H,2-4,7-8H2,1H3,(H,22,24)(H,19,20,21). The number of hydrazine groups is 1. The van der Waals surface area contributed by atoms with Gasteiger partial charge in [-0.1, -0.05) is 18.6 Å².